The minimum atomic E-state index is -3.04. The van der Waals surface area contributed by atoms with Crippen LogP contribution in [0.5, 0.6) is 0 Å². The summed E-state index contributed by atoms with van der Waals surface area (Å²) in [5.41, 5.74) is 0.778. The fraction of sp³-hybridized carbons (Fsp3) is 0.333. The summed E-state index contributed by atoms with van der Waals surface area (Å²) in [5.74, 6) is -5.68. The van der Waals surface area contributed by atoms with Gasteiger partial charge in [-0.3, -0.25) is 9.59 Å². The smallest absolute Gasteiger partial charge is 0.264 e. The highest BCUT2D eigenvalue weighted by Gasteiger charge is 2.67. The molecule has 2 unspecified atom stereocenters. The van der Waals surface area contributed by atoms with Crippen LogP contribution in [0.3, 0.4) is 0 Å². The Bertz CT molecular complexity index is 1040. The molecule has 2 aromatic carbocycles. The van der Waals surface area contributed by atoms with Gasteiger partial charge in [0.05, 0.1) is 23.0 Å². The maximum absolute atomic E-state index is 13.4. The molecule has 0 radical (unpaired) electrons. The Morgan fingerprint density at radius 1 is 1.06 bits per heavy atom. The van der Waals surface area contributed by atoms with Crippen molar-refractivity contribution in [3.8, 4) is 0 Å². The van der Waals surface area contributed by atoms with E-state index in [-0.39, 0.29) is 16.3 Å². The number of carbonyl (C=O) groups is 2. The van der Waals surface area contributed by atoms with E-state index in [0.717, 1.165) is 0 Å². The molecule has 0 saturated heterocycles. The van der Waals surface area contributed by atoms with Crippen molar-refractivity contribution in [1.82, 2.24) is 5.32 Å². The minimum Gasteiger partial charge on any atom is -0.346 e. The second-order valence-corrected chi connectivity index (χ2v) is 10.1. The maximum Gasteiger partial charge on any atom is 0.264 e. The van der Waals surface area contributed by atoms with Gasteiger partial charge in [0.15, 0.2) is 0 Å². The van der Waals surface area contributed by atoms with Crippen LogP contribution in [0.25, 0.3) is 0 Å². The number of nitrogens with one attached hydrogen (secondary N) is 2. The molecule has 2 atom stereocenters. The number of benzene rings is 2. The lowest BCUT2D eigenvalue weighted by molar-refractivity contribution is -0.117. The summed E-state index contributed by atoms with van der Waals surface area (Å²) in [6.45, 7) is 0.480. The normalized spacial score (nSPS) is 19.4. The van der Waals surface area contributed by atoms with Gasteiger partial charge < -0.3 is 10.6 Å². The van der Waals surface area contributed by atoms with E-state index in [1.165, 1.54) is 25.1 Å². The molecule has 1 fully saturated rings. The molecule has 4 nitrogen and oxygen atoms in total. The molecule has 32 heavy (non-hydrogen) atoms. The molecule has 0 heterocycles. The molecule has 0 bridgehead atoms. The summed E-state index contributed by atoms with van der Waals surface area (Å²) in [4.78, 5) is 25.1. The largest absolute Gasteiger partial charge is 0.346 e. The lowest BCUT2D eigenvalue weighted by Gasteiger charge is -2.15. The molecule has 0 aromatic heterocycles. The first-order valence-electron chi connectivity index (χ1n) is 9.46. The van der Waals surface area contributed by atoms with E-state index in [9.17, 15) is 18.4 Å². The predicted octanol–water partition coefficient (Wildman–Crippen LogP) is 6.95. The van der Waals surface area contributed by atoms with Crippen LogP contribution < -0.4 is 10.6 Å². The molecule has 3 rings (SSSR count). The highest BCUT2D eigenvalue weighted by molar-refractivity contribution is 6.53. The first-order valence-corrected chi connectivity index (χ1v) is 11.3. The lowest BCUT2D eigenvalue weighted by atomic mass is 10.1. The monoisotopic (exact) mass is 542 g/mol. The van der Waals surface area contributed by atoms with Crippen molar-refractivity contribution < 1.29 is 18.4 Å². The standard InChI is InChI=1S/C21H17Cl5F2N2O2/c1-2-20(27,28)9-29-18(31)14-8-13(3-4-15(14)24)30-19(32)17-16(21(17,25)26)10-5-11(22)7-12(23)6-10/h3-8,16-17H,2,9H2,1H3,(H,29,31)(H,30,32). The highest BCUT2D eigenvalue weighted by atomic mass is 35.5. The predicted molar refractivity (Wildman–Crippen MR) is 125 cm³/mol. The average Bonchev–Trinajstić information content (AvgIpc) is 3.29. The molecule has 172 valence electrons. The van der Waals surface area contributed by atoms with Crippen molar-refractivity contribution >= 4 is 75.5 Å². The SMILES string of the molecule is CCC(F)(F)CNC(=O)c1cc(NC(=O)C2C(c3cc(Cl)cc(Cl)c3)C2(Cl)Cl)ccc1Cl. The highest BCUT2D eigenvalue weighted by Crippen LogP contribution is 2.65. The van der Waals surface area contributed by atoms with Gasteiger partial charge >= 0.3 is 0 Å². The average molecular weight is 545 g/mol. The van der Waals surface area contributed by atoms with E-state index in [1.807, 2.05) is 0 Å². The molecule has 0 spiro atoms. The van der Waals surface area contributed by atoms with Gasteiger partial charge in [0, 0.05) is 28.1 Å². The van der Waals surface area contributed by atoms with E-state index >= 15 is 0 Å². The fourth-order valence-corrected chi connectivity index (χ4v) is 4.82. The molecule has 11 heteroatoms. The second kappa shape index (κ2) is 9.51. The third-order valence-electron chi connectivity index (χ3n) is 5.08. The number of alkyl halides is 4. The quantitative estimate of drug-likeness (QED) is 0.371. The van der Waals surface area contributed by atoms with Gasteiger partial charge in [0.2, 0.25) is 5.91 Å². The van der Waals surface area contributed by atoms with Gasteiger partial charge in [-0.05, 0) is 42.0 Å². The number of hydrogen-bond acceptors (Lipinski definition) is 2. The third kappa shape index (κ3) is 5.60. The number of carbonyl (C=O) groups excluding carboxylic acids is 2. The zero-order chi connectivity index (χ0) is 23.8. The van der Waals surface area contributed by atoms with Crippen molar-refractivity contribution in [2.45, 2.75) is 29.5 Å². The van der Waals surface area contributed by atoms with Crippen LogP contribution in [-0.4, -0.2) is 28.6 Å². The molecular weight excluding hydrogens is 528 g/mol. The number of rotatable bonds is 7. The summed E-state index contributed by atoms with van der Waals surface area (Å²) < 4.78 is 25.5. The van der Waals surface area contributed by atoms with E-state index < -0.39 is 46.9 Å². The van der Waals surface area contributed by atoms with E-state index in [2.05, 4.69) is 10.6 Å². The van der Waals surface area contributed by atoms with Gasteiger partial charge in [-0.15, -0.1) is 23.2 Å². The van der Waals surface area contributed by atoms with Crippen LogP contribution >= 0.6 is 58.0 Å². The number of halogens is 7. The maximum atomic E-state index is 13.4. The lowest BCUT2D eigenvalue weighted by Crippen LogP contribution is -2.36. The molecule has 1 aliphatic rings. The van der Waals surface area contributed by atoms with E-state index in [4.69, 9.17) is 58.0 Å². The first-order chi connectivity index (χ1) is 14.9. The molecule has 1 aliphatic carbocycles. The Morgan fingerprint density at radius 2 is 1.69 bits per heavy atom. The van der Waals surface area contributed by atoms with Crippen LogP contribution in [0, 0.1) is 5.92 Å². The third-order valence-corrected chi connectivity index (χ3v) is 6.79. The number of anilines is 1. The molecule has 0 aliphatic heterocycles. The zero-order valence-electron chi connectivity index (χ0n) is 16.5. The zero-order valence-corrected chi connectivity index (χ0v) is 20.3. The van der Waals surface area contributed by atoms with E-state index in [0.29, 0.717) is 15.6 Å². The van der Waals surface area contributed by atoms with Crippen LogP contribution in [-0.2, 0) is 4.79 Å². The number of hydrogen-bond donors (Lipinski definition) is 2. The molecule has 2 aromatic rings. The Morgan fingerprint density at radius 3 is 2.28 bits per heavy atom. The first kappa shape index (κ1) is 25.3. The van der Waals surface area contributed by atoms with Crippen molar-refractivity contribution in [2.24, 2.45) is 5.92 Å². The van der Waals surface area contributed by atoms with Gasteiger partial charge in [0.25, 0.3) is 11.8 Å². The van der Waals surface area contributed by atoms with Crippen molar-refractivity contribution in [1.29, 1.82) is 0 Å². The Hall–Kier alpha value is -1.31. The van der Waals surface area contributed by atoms with E-state index in [1.54, 1.807) is 18.2 Å². The molecule has 2 N–H and O–H groups in total. The number of amides is 2. The van der Waals surface area contributed by atoms with Gasteiger partial charge in [-0.2, -0.15) is 0 Å². The van der Waals surface area contributed by atoms with Gasteiger partial charge in [-0.1, -0.05) is 41.7 Å². The summed E-state index contributed by atoms with van der Waals surface area (Å²) >= 11 is 30.8. The van der Waals surface area contributed by atoms with Crippen LogP contribution in [0.4, 0.5) is 14.5 Å². The second-order valence-electron chi connectivity index (χ2n) is 7.41. The summed E-state index contributed by atoms with van der Waals surface area (Å²) in [6, 6.07) is 8.93. The van der Waals surface area contributed by atoms with Gasteiger partial charge in [-0.25, -0.2) is 8.78 Å². The fourth-order valence-electron chi connectivity index (χ4n) is 3.25. The Kier molecular flexibility index (Phi) is 7.52. The topological polar surface area (TPSA) is 58.2 Å². The van der Waals surface area contributed by atoms with Crippen molar-refractivity contribution in [2.75, 3.05) is 11.9 Å². The minimum absolute atomic E-state index is 0.0437. The molecular formula is C21H17Cl5F2N2O2. The van der Waals surface area contributed by atoms with Crippen molar-refractivity contribution in [3.05, 3.63) is 62.6 Å². The summed E-state index contributed by atoms with van der Waals surface area (Å²) in [6.07, 6.45) is -0.421. The van der Waals surface area contributed by atoms with Crippen LogP contribution in [0.2, 0.25) is 15.1 Å². The Balaban J connectivity index is 1.74. The Labute approximate surface area is 208 Å². The van der Waals surface area contributed by atoms with Crippen LogP contribution in [0.1, 0.15) is 35.2 Å². The summed E-state index contributed by atoms with van der Waals surface area (Å²) in [5, 5.41) is 5.58. The van der Waals surface area contributed by atoms with Crippen molar-refractivity contribution in [3.63, 3.8) is 0 Å². The van der Waals surface area contributed by atoms with Crippen LogP contribution in [0.15, 0.2) is 36.4 Å². The molecule has 2 amide bonds. The summed E-state index contributed by atoms with van der Waals surface area (Å²) in [7, 11) is 0. The van der Waals surface area contributed by atoms with Gasteiger partial charge in [0.1, 0.15) is 4.33 Å². The molecule has 1 saturated carbocycles.